The van der Waals surface area contributed by atoms with Gasteiger partial charge >= 0.3 is 0 Å². The number of halogens is 1. The van der Waals surface area contributed by atoms with Crippen LogP contribution in [0, 0.1) is 11.7 Å². The molecule has 1 aromatic carbocycles. The molecule has 0 bridgehead atoms. The Morgan fingerprint density at radius 1 is 1.40 bits per heavy atom. The number of nitrogens with zero attached hydrogens (tertiary/aromatic N) is 1. The molecule has 1 aliphatic carbocycles. The summed E-state index contributed by atoms with van der Waals surface area (Å²) in [4.78, 5) is 2.09. The Kier molecular flexibility index (Phi) is 2.80. The minimum absolute atomic E-state index is 0.259. The Morgan fingerprint density at radius 2 is 2.13 bits per heavy atom. The van der Waals surface area contributed by atoms with Crippen LogP contribution in [0.4, 0.5) is 15.8 Å². The molecule has 0 amide bonds. The second-order valence-electron chi connectivity index (χ2n) is 4.42. The molecule has 0 unspecified atom stereocenters. The van der Waals surface area contributed by atoms with Crippen LogP contribution in [-0.4, -0.2) is 13.6 Å². The molecule has 2 rings (SSSR count). The van der Waals surface area contributed by atoms with E-state index in [1.165, 1.54) is 31.4 Å². The number of rotatable bonds is 3. The second kappa shape index (κ2) is 4.09. The molecule has 0 spiro atoms. The minimum Gasteiger partial charge on any atom is -0.399 e. The van der Waals surface area contributed by atoms with Crippen molar-refractivity contribution in [3.63, 3.8) is 0 Å². The zero-order chi connectivity index (χ0) is 10.8. The van der Waals surface area contributed by atoms with E-state index in [-0.39, 0.29) is 5.82 Å². The highest BCUT2D eigenvalue weighted by atomic mass is 19.1. The Balaban J connectivity index is 2.06. The van der Waals surface area contributed by atoms with Gasteiger partial charge in [-0.3, -0.25) is 0 Å². The summed E-state index contributed by atoms with van der Waals surface area (Å²) in [6, 6.07) is 4.71. The molecule has 2 nitrogen and oxygen atoms in total. The average molecular weight is 208 g/mol. The summed E-state index contributed by atoms with van der Waals surface area (Å²) in [5.74, 6) is 0.518. The predicted octanol–water partition coefficient (Wildman–Crippen LogP) is 2.64. The smallest absolute Gasteiger partial charge is 0.127 e. The van der Waals surface area contributed by atoms with Crippen LogP contribution < -0.4 is 10.6 Å². The van der Waals surface area contributed by atoms with Gasteiger partial charge in [0.2, 0.25) is 0 Å². The molecule has 0 radical (unpaired) electrons. The van der Waals surface area contributed by atoms with Gasteiger partial charge in [-0.1, -0.05) is 6.42 Å². The van der Waals surface area contributed by atoms with Gasteiger partial charge in [-0.25, -0.2) is 4.39 Å². The fourth-order valence-electron chi connectivity index (χ4n) is 1.98. The molecular formula is C12H17FN2. The number of benzene rings is 1. The van der Waals surface area contributed by atoms with Crippen molar-refractivity contribution >= 4 is 11.4 Å². The highest BCUT2D eigenvalue weighted by Crippen LogP contribution is 2.29. The van der Waals surface area contributed by atoms with E-state index in [1.54, 1.807) is 0 Å². The largest absolute Gasteiger partial charge is 0.399 e. The van der Waals surface area contributed by atoms with Crippen molar-refractivity contribution in [1.82, 2.24) is 0 Å². The summed E-state index contributed by atoms with van der Waals surface area (Å²) in [7, 11) is 1.99. The van der Waals surface area contributed by atoms with Gasteiger partial charge in [-0.05, 0) is 37.0 Å². The van der Waals surface area contributed by atoms with Crippen molar-refractivity contribution in [3.05, 3.63) is 24.0 Å². The monoisotopic (exact) mass is 208 g/mol. The van der Waals surface area contributed by atoms with E-state index in [1.807, 2.05) is 13.1 Å². The van der Waals surface area contributed by atoms with Gasteiger partial charge in [0.05, 0.1) is 0 Å². The molecule has 1 aliphatic rings. The molecule has 1 fully saturated rings. The zero-order valence-electron chi connectivity index (χ0n) is 9.04. The maximum absolute atomic E-state index is 13.1. The first kappa shape index (κ1) is 10.3. The Hall–Kier alpha value is -1.25. The summed E-state index contributed by atoms with van der Waals surface area (Å²) in [5, 5.41) is 0. The van der Waals surface area contributed by atoms with Crippen LogP contribution in [0.3, 0.4) is 0 Å². The molecule has 1 saturated carbocycles. The maximum atomic E-state index is 13.1. The summed E-state index contributed by atoms with van der Waals surface area (Å²) in [6.45, 7) is 1.00. The first-order valence-corrected chi connectivity index (χ1v) is 5.42. The first-order valence-electron chi connectivity index (χ1n) is 5.42. The van der Waals surface area contributed by atoms with Crippen LogP contribution in [0.1, 0.15) is 19.3 Å². The van der Waals surface area contributed by atoms with Crippen molar-refractivity contribution < 1.29 is 4.39 Å². The van der Waals surface area contributed by atoms with Crippen molar-refractivity contribution in [2.75, 3.05) is 24.2 Å². The van der Waals surface area contributed by atoms with Gasteiger partial charge in [-0.2, -0.15) is 0 Å². The molecule has 0 aromatic heterocycles. The van der Waals surface area contributed by atoms with Gasteiger partial charge < -0.3 is 10.6 Å². The summed E-state index contributed by atoms with van der Waals surface area (Å²) in [5.41, 5.74) is 6.97. The normalized spacial score (nSPS) is 16.1. The highest BCUT2D eigenvalue weighted by Gasteiger charge is 2.19. The maximum Gasteiger partial charge on any atom is 0.127 e. The molecular weight excluding hydrogens is 191 g/mol. The van der Waals surface area contributed by atoms with Gasteiger partial charge in [0, 0.05) is 25.0 Å². The quantitative estimate of drug-likeness (QED) is 0.774. The third-order valence-corrected chi connectivity index (χ3v) is 3.10. The Bertz CT molecular complexity index is 327. The lowest BCUT2D eigenvalue weighted by molar-refractivity contribution is 0.321. The number of nitrogen functional groups attached to an aromatic ring is 1. The molecule has 2 N–H and O–H groups in total. The van der Waals surface area contributed by atoms with Crippen LogP contribution in [0.5, 0.6) is 0 Å². The number of nitrogens with two attached hydrogens (primary N) is 1. The van der Waals surface area contributed by atoms with E-state index in [4.69, 9.17) is 5.73 Å². The van der Waals surface area contributed by atoms with E-state index in [2.05, 4.69) is 4.90 Å². The molecule has 1 aromatic rings. The third-order valence-electron chi connectivity index (χ3n) is 3.10. The van der Waals surface area contributed by atoms with Gasteiger partial charge in [-0.15, -0.1) is 0 Å². The summed E-state index contributed by atoms with van der Waals surface area (Å²) in [6.07, 6.45) is 3.94. The minimum atomic E-state index is -0.259. The van der Waals surface area contributed by atoms with E-state index < -0.39 is 0 Å². The predicted molar refractivity (Wildman–Crippen MR) is 61.4 cm³/mol. The number of anilines is 2. The molecule has 0 atom stereocenters. The molecule has 0 heterocycles. The summed E-state index contributed by atoms with van der Waals surface area (Å²) >= 11 is 0. The SMILES string of the molecule is CN(CC1CCC1)c1cc(N)cc(F)c1. The van der Waals surface area contributed by atoms with Crippen LogP contribution in [-0.2, 0) is 0 Å². The highest BCUT2D eigenvalue weighted by molar-refractivity contribution is 5.56. The zero-order valence-corrected chi connectivity index (χ0v) is 9.04. The van der Waals surface area contributed by atoms with E-state index in [0.717, 1.165) is 18.2 Å². The molecule has 15 heavy (non-hydrogen) atoms. The third kappa shape index (κ3) is 2.41. The molecule has 0 aliphatic heterocycles. The van der Waals surface area contributed by atoms with Crippen LogP contribution in [0.2, 0.25) is 0 Å². The molecule has 3 heteroatoms. The Morgan fingerprint density at radius 3 is 2.67 bits per heavy atom. The standard InChI is InChI=1S/C12H17FN2/c1-15(8-9-3-2-4-9)12-6-10(13)5-11(14)7-12/h5-7,9H,2-4,8,14H2,1H3. The Labute approximate surface area is 89.9 Å². The van der Waals surface area contributed by atoms with Crippen LogP contribution in [0.25, 0.3) is 0 Å². The first-order chi connectivity index (χ1) is 7.15. The van der Waals surface area contributed by atoms with Crippen molar-refractivity contribution in [3.8, 4) is 0 Å². The number of hydrogen-bond donors (Lipinski definition) is 1. The van der Waals surface area contributed by atoms with E-state index in [9.17, 15) is 4.39 Å². The second-order valence-corrected chi connectivity index (χ2v) is 4.42. The lowest BCUT2D eigenvalue weighted by Crippen LogP contribution is -2.29. The molecule has 0 saturated heterocycles. The molecule has 82 valence electrons. The van der Waals surface area contributed by atoms with E-state index >= 15 is 0 Å². The van der Waals surface area contributed by atoms with Gasteiger partial charge in [0.25, 0.3) is 0 Å². The lowest BCUT2D eigenvalue weighted by atomic mass is 9.85. The fourth-order valence-corrected chi connectivity index (χ4v) is 1.98. The lowest BCUT2D eigenvalue weighted by Gasteiger charge is -2.31. The van der Waals surface area contributed by atoms with E-state index in [0.29, 0.717) is 5.69 Å². The van der Waals surface area contributed by atoms with Crippen molar-refractivity contribution in [2.24, 2.45) is 5.92 Å². The van der Waals surface area contributed by atoms with Crippen LogP contribution >= 0.6 is 0 Å². The average Bonchev–Trinajstić information content (AvgIpc) is 2.09. The van der Waals surface area contributed by atoms with Crippen molar-refractivity contribution in [2.45, 2.75) is 19.3 Å². The van der Waals surface area contributed by atoms with Crippen LogP contribution in [0.15, 0.2) is 18.2 Å². The topological polar surface area (TPSA) is 29.3 Å². The summed E-state index contributed by atoms with van der Waals surface area (Å²) < 4.78 is 13.1. The van der Waals surface area contributed by atoms with Crippen molar-refractivity contribution in [1.29, 1.82) is 0 Å². The number of hydrogen-bond acceptors (Lipinski definition) is 2. The fraction of sp³-hybridized carbons (Fsp3) is 0.500. The van der Waals surface area contributed by atoms with Gasteiger partial charge in [0.15, 0.2) is 0 Å². The van der Waals surface area contributed by atoms with Gasteiger partial charge in [0.1, 0.15) is 5.82 Å².